The van der Waals surface area contributed by atoms with E-state index in [0.29, 0.717) is 15.5 Å². The van der Waals surface area contributed by atoms with Gasteiger partial charge in [0.25, 0.3) is 0 Å². The number of imidazole rings is 1. The highest BCUT2D eigenvalue weighted by molar-refractivity contribution is 14.1. The van der Waals surface area contributed by atoms with Crippen molar-refractivity contribution in [2.75, 3.05) is 13.1 Å². The van der Waals surface area contributed by atoms with Crippen molar-refractivity contribution in [1.29, 1.82) is 0 Å². The molecule has 1 atom stereocenters. The van der Waals surface area contributed by atoms with Gasteiger partial charge >= 0.3 is 0 Å². The zero-order valence-electron chi connectivity index (χ0n) is 11.5. The van der Waals surface area contributed by atoms with Crippen LogP contribution in [0.4, 0.5) is 4.39 Å². The fourth-order valence-electron chi connectivity index (χ4n) is 3.39. The molecule has 1 saturated heterocycles. The molecule has 0 amide bonds. The molecule has 21 heavy (non-hydrogen) atoms. The van der Waals surface area contributed by atoms with Crippen LogP contribution < -0.4 is 0 Å². The molecular formula is C15H16ClFIN3. The summed E-state index contributed by atoms with van der Waals surface area (Å²) in [5.74, 6) is 1.05. The molecular weight excluding hydrogens is 404 g/mol. The molecule has 0 N–H and O–H groups in total. The van der Waals surface area contributed by atoms with Crippen LogP contribution >= 0.6 is 34.2 Å². The lowest BCUT2D eigenvalue weighted by molar-refractivity contribution is 0.314. The summed E-state index contributed by atoms with van der Waals surface area (Å²) in [7, 11) is 0. The molecule has 2 fully saturated rings. The zero-order valence-corrected chi connectivity index (χ0v) is 14.4. The standard InChI is InChI=1S/C15H16ClFIN3/c16-7-15-19-13-6-12(18)11(17)5-14(13)21(15)10-3-4-20(8-10)9-1-2-9/h5-6,9-10H,1-4,7-8H2. The van der Waals surface area contributed by atoms with Gasteiger partial charge in [-0.2, -0.15) is 0 Å². The predicted molar refractivity (Wildman–Crippen MR) is 90.2 cm³/mol. The van der Waals surface area contributed by atoms with Gasteiger partial charge in [-0.15, -0.1) is 11.6 Å². The van der Waals surface area contributed by atoms with Gasteiger partial charge < -0.3 is 4.57 Å². The third kappa shape index (κ3) is 2.47. The molecule has 0 spiro atoms. The Morgan fingerprint density at radius 2 is 2.10 bits per heavy atom. The summed E-state index contributed by atoms with van der Waals surface area (Å²) in [5.41, 5.74) is 1.73. The van der Waals surface area contributed by atoms with Crippen LogP contribution in [0.25, 0.3) is 11.0 Å². The summed E-state index contributed by atoms with van der Waals surface area (Å²) in [5, 5.41) is 0. The van der Waals surface area contributed by atoms with Crippen LogP contribution in [0, 0.1) is 9.39 Å². The Balaban J connectivity index is 1.77. The van der Waals surface area contributed by atoms with Crippen LogP contribution in [0.3, 0.4) is 0 Å². The first-order valence-corrected chi connectivity index (χ1v) is 8.94. The molecule has 112 valence electrons. The lowest BCUT2D eigenvalue weighted by atomic mass is 10.2. The number of benzene rings is 1. The van der Waals surface area contributed by atoms with Gasteiger partial charge in [0.05, 0.1) is 20.5 Å². The first-order valence-electron chi connectivity index (χ1n) is 7.33. The molecule has 1 saturated carbocycles. The monoisotopic (exact) mass is 419 g/mol. The number of hydrogen-bond acceptors (Lipinski definition) is 2. The van der Waals surface area contributed by atoms with E-state index >= 15 is 0 Å². The van der Waals surface area contributed by atoms with E-state index in [2.05, 4.69) is 14.5 Å². The maximum atomic E-state index is 14.0. The van der Waals surface area contributed by atoms with Crippen molar-refractivity contribution in [3.8, 4) is 0 Å². The van der Waals surface area contributed by atoms with Gasteiger partial charge in [-0.3, -0.25) is 4.90 Å². The number of nitrogens with zero attached hydrogens (tertiary/aromatic N) is 3. The van der Waals surface area contributed by atoms with Gasteiger partial charge in [-0.1, -0.05) is 0 Å². The van der Waals surface area contributed by atoms with Crippen LogP contribution in [0.15, 0.2) is 12.1 Å². The van der Waals surface area contributed by atoms with E-state index in [1.54, 1.807) is 6.07 Å². The smallest absolute Gasteiger partial charge is 0.138 e. The number of halogens is 3. The quantitative estimate of drug-likeness (QED) is 0.555. The highest BCUT2D eigenvalue weighted by Crippen LogP contribution is 2.36. The molecule has 0 bridgehead atoms. The molecule has 6 heteroatoms. The molecule has 2 heterocycles. The second-order valence-corrected chi connectivity index (χ2v) is 7.38. The lowest BCUT2D eigenvalue weighted by Crippen LogP contribution is -2.24. The van der Waals surface area contributed by atoms with Crippen molar-refractivity contribution in [1.82, 2.24) is 14.5 Å². The topological polar surface area (TPSA) is 21.1 Å². The van der Waals surface area contributed by atoms with Crippen LogP contribution in [0.1, 0.15) is 31.1 Å². The SMILES string of the molecule is Fc1cc2c(cc1I)nc(CCl)n2C1CCN(C2CC2)C1. The Bertz CT molecular complexity index is 698. The fraction of sp³-hybridized carbons (Fsp3) is 0.533. The Hall–Kier alpha value is -0.400. The molecule has 1 aromatic carbocycles. The Kier molecular flexibility index (Phi) is 3.62. The van der Waals surface area contributed by atoms with Gasteiger partial charge in [0.2, 0.25) is 0 Å². The largest absolute Gasteiger partial charge is 0.322 e. The van der Waals surface area contributed by atoms with E-state index in [1.807, 2.05) is 28.7 Å². The van der Waals surface area contributed by atoms with Crippen molar-refractivity contribution < 1.29 is 4.39 Å². The first-order chi connectivity index (χ1) is 10.2. The van der Waals surface area contributed by atoms with Crippen molar-refractivity contribution in [2.24, 2.45) is 0 Å². The number of likely N-dealkylation sites (tertiary alicyclic amines) is 1. The highest BCUT2D eigenvalue weighted by Gasteiger charge is 2.36. The summed E-state index contributed by atoms with van der Waals surface area (Å²) in [6.07, 6.45) is 3.75. The molecule has 1 unspecified atom stereocenters. The molecule has 1 aliphatic heterocycles. The van der Waals surface area contributed by atoms with Crippen molar-refractivity contribution >= 4 is 45.2 Å². The Morgan fingerprint density at radius 3 is 2.81 bits per heavy atom. The fourth-order valence-corrected chi connectivity index (χ4v) is 4.03. The predicted octanol–water partition coefficient (Wildman–Crippen LogP) is 3.93. The highest BCUT2D eigenvalue weighted by atomic mass is 127. The van der Waals surface area contributed by atoms with E-state index in [0.717, 1.165) is 42.4 Å². The average Bonchev–Trinajstić information content (AvgIpc) is 3.10. The van der Waals surface area contributed by atoms with Crippen LogP contribution in [-0.4, -0.2) is 33.6 Å². The molecule has 1 aromatic heterocycles. The second-order valence-electron chi connectivity index (χ2n) is 5.96. The molecule has 4 rings (SSSR count). The van der Waals surface area contributed by atoms with E-state index in [4.69, 9.17) is 11.6 Å². The maximum Gasteiger partial charge on any atom is 0.138 e. The van der Waals surface area contributed by atoms with Crippen LogP contribution in [-0.2, 0) is 5.88 Å². The van der Waals surface area contributed by atoms with Gasteiger partial charge in [0, 0.05) is 31.2 Å². The summed E-state index contributed by atoms with van der Waals surface area (Å²) in [4.78, 5) is 7.16. The minimum atomic E-state index is -0.178. The number of alkyl halides is 1. The van der Waals surface area contributed by atoms with E-state index in [-0.39, 0.29) is 5.82 Å². The number of aromatic nitrogens is 2. The summed E-state index contributed by atoms with van der Waals surface area (Å²) in [6.45, 7) is 2.16. The number of hydrogen-bond donors (Lipinski definition) is 0. The number of fused-ring (bicyclic) bond motifs is 1. The minimum Gasteiger partial charge on any atom is -0.322 e. The second kappa shape index (κ2) is 5.35. The lowest BCUT2D eigenvalue weighted by Gasteiger charge is -2.18. The molecule has 2 aliphatic rings. The Labute approximate surface area is 141 Å². The van der Waals surface area contributed by atoms with Crippen LogP contribution in [0.5, 0.6) is 0 Å². The zero-order chi connectivity index (χ0) is 14.6. The first kappa shape index (κ1) is 14.2. The number of rotatable bonds is 3. The normalized spacial score (nSPS) is 23.3. The van der Waals surface area contributed by atoms with Gasteiger partial charge in [0.15, 0.2) is 0 Å². The van der Waals surface area contributed by atoms with Gasteiger partial charge in [-0.25, -0.2) is 9.37 Å². The van der Waals surface area contributed by atoms with E-state index in [9.17, 15) is 4.39 Å². The molecule has 1 aliphatic carbocycles. The maximum absolute atomic E-state index is 14.0. The molecule has 0 radical (unpaired) electrons. The van der Waals surface area contributed by atoms with Gasteiger partial charge in [-0.05, 0) is 47.9 Å². The average molecular weight is 420 g/mol. The summed E-state index contributed by atoms with van der Waals surface area (Å²) < 4.78 is 16.7. The Morgan fingerprint density at radius 1 is 1.29 bits per heavy atom. The van der Waals surface area contributed by atoms with Gasteiger partial charge in [0.1, 0.15) is 11.6 Å². The van der Waals surface area contributed by atoms with Crippen molar-refractivity contribution in [3.63, 3.8) is 0 Å². The van der Waals surface area contributed by atoms with E-state index in [1.165, 1.54) is 12.8 Å². The third-order valence-electron chi connectivity index (χ3n) is 4.55. The minimum absolute atomic E-state index is 0.178. The summed E-state index contributed by atoms with van der Waals surface area (Å²) in [6, 6.07) is 4.57. The van der Waals surface area contributed by atoms with Crippen molar-refractivity contribution in [3.05, 3.63) is 27.3 Å². The van der Waals surface area contributed by atoms with Crippen molar-refractivity contribution in [2.45, 2.75) is 37.2 Å². The molecule has 3 nitrogen and oxygen atoms in total. The molecule has 2 aromatic rings. The third-order valence-corrected chi connectivity index (χ3v) is 5.61. The van der Waals surface area contributed by atoms with E-state index < -0.39 is 0 Å². The summed E-state index contributed by atoms with van der Waals surface area (Å²) >= 11 is 8.09. The van der Waals surface area contributed by atoms with Crippen LogP contribution in [0.2, 0.25) is 0 Å².